The van der Waals surface area contributed by atoms with Crippen LogP contribution in [0.15, 0.2) is 42.6 Å². The Labute approximate surface area is 115 Å². The highest BCUT2D eigenvalue weighted by Crippen LogP contribution is 2.13. The van der Waals surface area contributed by atoms with Gasteiger partial charge < -0.3 is 5.32 Å². The maximum Gasteiger partial charge on any atom is 0.228 e. The van der Waals surface area contributed by atoms with Crippen molar-refractivity contribution < 1.29 is 4.79 Å². The quantitative estimate of drug-likeness (QED) is 0.874. The van der Waals surface area contributed by atoms with Crippen molar-refractivity contribution in [2.45, 2.75) is 6.42 Å². The molecule has 0 saturated carbocycles. The van der Waals surface area contributed by atoms with Crippen molar-refractivity contribution in [2.24, 2.45) is 0 Å². The number of halogens is 2. The van der Waals surface area contributed by atoms with E-state index in [4.69, 9.17) is 23.2 Å². The summed E-state index contributed by atoms with van der Waals surface area (Å²) in [5.74, 6) is -0.111. The Bertz CT molecular complexity index is 555. The van der Waals surface area contributed by atoms with Gasteiger partial charge in [0.1, 0.15) is 5.15 Å². The smallest absolute Gasteiger partial charge is 0.228 e. The number of nitrogens with zero attached hydrogens (tertiary/aromatic N) is 1. The van der Waals surface area contributed by atoms with Gasteiger partial charge in [0.15, 0.2) is 0 Å². The van der Waals surface area contributed by atoms with E-state index in [1.54, 1.807) is 30.5 Å². The van der Waals surface area contributed by atoms with Crippen molar-refractivity contribution in [3.8, 4) is 0 Å². The van der Waals surface area contributed by atoms with Gasteiger partial charge in [0.2, 0.25) is 5.91 Å². The molecule has 0 spiro atoms. The minimum atomic E-state index is -0.111. The molecule has 0 aliphatic carbocycles. The third-order valence-corrected chi connectivity index (χ3v) is 2.75. The second-order valence-corrected chi connectivity index (χ2v) is 4.54. The third-order valence-electron chi connectivity index (χ3n) is 2.29. The third kappa shape index (κ3) is 3.72. The monoisotopic (exact) mass is 280 g/mol. The Kier molecular flexibility index (Phi) is 4.18. The number of carbonyl (C=O) groups is 1. The van der Waals surface area contributed by atoms with E-state index in [-0.39, 0.29) is 12.3 Å². The first-order chi connectivity index (χ1) is 8.63. The lowest BCUT2D eigenvalue weighted by molar-refractivity contribution is -0.115. The van der Waals surface area contributed by atoms with Crippen LogP contribution in [-0.4, -0.2) is 10.9 Å². The number of hydrogen-bond donors (Lipinski definition) is 1. The summed E-state index contributed by atoms with van der Waals surface area (Å²) in [6.45, 7) is 0. The molecular weight excluding hydrogens is 271 g/mol. The summed E-state index contributed by atoms with van der Waals surface area (Å²) < 4.78 is 0. The van der Waals surface area contributed by atoms with Crippen molar-refractivity contribution in [2.75, 3.05) is 5.32 Å². The Morgan fingerprint density at radius 1 is 1.17 bits per heavy atom. The number of hydrogen-bond acceptors (Lipinski definition) is 2. The molecule has 18 heavy (non-hydrogen) atoms. The highest BCUT2D eigenvalue weighted by atomic mass is 35.5. The van der Waals surface area contributed by atoms with Crippen LogP contribution >= 0.6 is 23.2 Å². The van der Waals surface area contributed by atoms with E-state index in [0.29, 0.717) is 15.9 Å². The molecule has 2 aromatic rings. The van der Waals surface area contributed by atoms with Crippen molar-refractivity contribution in [1.82, 2.24) is 4.98 Å². The van der Waals surface area contributed by atoms with E-state index in [1.807, 2.05) is 12.1 Å². The highest BCUT2D eigenvalue weighted by Gasteiger charge is 2.04. The Morgan fingerprint density at radius 2 is 1.89 bits per heavy atom. The number of benzene rings is 1. The van der Waals surface area contributed by atoms with Crippen molar-refractivity contribution in [1.29, 1.82) is 0 Å². The van der Waals surface area contributed by atoms with Gasteiger partial charge in [-0.05, 0) is 29.8 Å². The highest BCUT2D eigenvalue weighted by molar-refractivity contribution is 6.30. The van der Waals surface area contributed by atoms with Gasteiger partial charge in [0, 0.05) is 16.9 Å². The molecule has 0 radical (unpaired) electrons. The lowest BCUT2D eigenvalue weighted by Crippen LogP contribution is -2.14. The summed E-state index contributed by atoms with van der Waals surface area (Å²) in [5, 5.41) is 3.75. The van der Waals surface area contributed by atoms with E-state index in [9.17, 15) is 4.79 Å². The molecule has 2 rings (SSSR count). The van der Waals surface area contributed by atoms with Crippen LogP contribution in [-0.2, 0) is 11.2 Å². The summed E-state index contributed by atoms with van der Waals surface area (Å²) >= 11 is 11.5. The van der Waals surface area contributed by atoms with Gasteiger partial charge in [-0.25, -0.2) is 4.98 Å². The predicted octanol–water partition coefficient (Wildman–Crippen LogP) is 3.57. The van der Waals surface area contributed by atoms with Crippen LogP contribution in [0.4, 0.5) is 5.69 Å². The number of aromatic nitrogens is 1. The van der Waals surface area contributed by atoms with Crippen molar-refractivity contribution in [3.05, 3.63) is 58.3 Å². The molecule has 0 atom stereocenters. The van der Waals surface area contributed by atoms with E-state index in [0.717, 1.165) is 5.56 Å². The molecule has 0 aliphatic heterocycles. The molecule has 1 amide bonds. The minimum Gasteiger partial charge on any atom is -0.326 e. The molecule has 1 aromatic carbocycles. The maximum atomic E-state index is 11.8. The molecule has 0 unspecified atom stereocenters. The summed E-state index contributed by atoms with van der Waals surface area (Å²) in [5.41, 5.74) is 1.53. The van der Waals surface area contributed by atoms with Crippen LogP contribution < -0.4 is 5.32 Å². The van der Waals surface area contributed by atoms with Gasteiger partial charge in [-0.1, -0.05) is 35.3 Å². The lowest BCUT2D eigenvalue weighted by atomic mass is 10.1. The molecule has 5 heteroatoms. The first-order valence-corrected chi connectivity index (χ1v) is 6.05. The van der Waals surface area contributed by atoms with Crippen LogP contribution in [0.25, 0.3) is 0 Å². The number of nitrogens with one attached hydrogen (secondary N) is 1. The fraction of sp³-hybridized carbons (Fsp3) is 0.0769. The molecule has 1 N–H and O–H groups in total. The van der Waals surface area contributed by atoms with Crippen molar-refractivity contribution >= 4 is 34.8 Å². The fourth-order valence-corrected chi connectivity index (χ4v) is 1.77. The average Bonchev–Trinajstić information content (AvgIpc) is 2.32. The zero-order valence-electron chi connectivity index (χ0n) is 9.36. The summed E-state index contributed by atoms with van der Waals surface area (Å²) in [7, 11) is 0. The first-order valence-electron chi connectivity index (χ1n) is 5.29. The molecule has 92 valence electrons. The molecule has 1 heterocycles. The number of carbonyl (C=O) groups excluding carboxylic acids is 1. The van der Waals surface area contributed by atoms with Gasteiger partial charge in [-0.2, -0.15) is 0 Å². The first kappa shape index (κ1) is 12.9. The van der Waals surface area contributed by atoms with Gasteiger partial charge in [-0.3, -0.25) is 4.79 Å². The van der Waals surface area contributed by atoms with Crippen LogP contribution in [0, 0.1) is 0 Å². The van der Waals surface area contributed by atoms with Gasteiger partial charge in [0.05, 0.1) is 6.42 Å². The van der Waals surface area contributed by atoms with Crippen molar-refractivity contribution in [3.63, 3.8) is 0 Å². The zero-order valence-corrected chi connectivity index (χ0v) is 10.9. The number of anilines is 1. The topological polar surface area (TPSA) is 42.0 Å². The number of rotatable bonds is 3. The Balaban J connectivity index is 1.98. The van der Waals surface area contributed by atoms with Gasteiger partial charge in [0.25, 0.3) is 0 Å². The van der Waals surface area contributed by atoms with Crippen LogP contribution in [0.2, 0.25) is 10.2 Å². The largest absolute Gasteiger partial charge is 0.326 e. The number of pyridine rings is 1. The van der Waals surface area contributed by atoms with Crippen LogP contribution in [0.1, 0.15) is 5.56 Å². The van der Waals surface area contributed by atoms with E-state index < -0.39 is 0 Å². The summed E-state index contributed by atoms with van der Waals surface area (Å²) in [4.78, 5) is 15.6. The number of amides is 1. The maximum absolute atomic E-state index is 11.8. The standard InChI is InChI=1S/C13H10Cl2N2O/c14-10-3-1-9(2-4-10)7-13(18)17-11-5-6-16-12(15)8-11/h1-6,8H,7H2,(H,16,17,18). The van der Waals surface area contributed by atoms with Crippen LogP contribution in [0.3, 0.4) is 0 Å². The second kappa shape index (κ2) is 5.85. The lowest BCUT2D eigenvalue weighted by Gasteiger charge is -2.05. The average molecular weight is 281 g/mol. The molecule has 1 aromatic heterocycles. The van der Waals surface area contributed by atoms with Crippen LogP contribution in [0.5, 0.6) is 0 Å². The second-order valence-electron chi connectivity index (χ2n) is 3.72. The molecule has 3 nitrogen and oxygen atoms in total. The normalized spacial score (nSPS) is 10.1. The molecule has 0 fully saturated rings. The molecular formula is C13H10Cl2N2O. The SMILES string of the molecule is O=C(Cc1ccc(Cl)cc1)Nc1ccnc(Cl)c1. The fourth-order valence-electron chi connectivity index (χ4n) is 1.47. The van der Waals surface area contributed by atoms with Gasteiger partial charge in [-0.15, -0.1) is 0 Å². The molecule has 0 bridgehead atoms. The van der Waals surface area contributed by atoms with E-state index >= 15 is 0 Å². The molecule has 0 saturated heterocycles. The van der Waals surface area contributed by atoms with Gasteiger partial charge >= 0.3 is 0 Å². The summed E-state index contributed by atoms with van der Waals surface area (Å²) in [6, 6.07) is 10.4. The van der Waals surface area contributed by atoms with E-state index in [2.05, 4.69) is 10.3 Å². The Morgan fingerprint density at radius 3 is 2.56 bits per heavy atom. The molecule has 0 aliphatic rings. The zero-order chi connectivity index (χ0) is 13.0. The minimum absolute atomic E-state index is 0.111. The van der Waals surface area contributed by atoms with E-state index in [1.165, 1.54) is 0 Å². The Hall–Kier alpha value is -1.58. The predicted molar refractivity (Wildman–Crippen MR) is 73.0 cm³/mol. The summed E-state index contributed by atoms with van der Waals surface area (Å²) in [6.07, 6.45) is 1.83.